The van der Waals surface area contributed by atoms with E-state index in [1.54, 1.807) is 0 Å². The average molecular weight is 228 g/mol. The quantitative estimate of drug-likeness (QED) is 0.518. The minimum Gasteiger partial charge on any atom is -0.464 e. The van der Waals surface area contributed by atoms with Crippen molar-refractivity contribution in [2.45, 2.75) is 65.1 Å². The van der Waals surface area contributed by atoms with Gasteiger partial charge in [-0.15, -0.1) is 0 Å². The average Bonchev–Trinajstić information content (AvgIpc) is 2.90. The minimum atomic E-state index is -0.666. The van der Waals surface area contributed by atoms with Crippen molar-refractivity contribution >= 4 is 5.97 Å². The number of hydrogen-bond donors (Lipinski definition) is 0. The summed E-state index contributed by atoms with van der Waals surface area (Å²) in [5.74, 6) is 0.167. The summed E-state index contributed by atoms with van der Waals surface area (Å²) in [6.07, 6.45) is 2.56. The van der Waals surface area contributed by atoms with E-state index >= 15 is 0 Å². The molecule has 2 atom stereocenters. The van der Waals surface area contributed by atoms with Crippen molar-refractivity contribution in [1.82, 2.24) is 0 Å². The van der Waals surface area contributed by atoms with Crippen LogP contribution in [0, 0.1) is 5.92 Å². The van der Waals surface area contributed by atoms with Gasteiger partial charge in [-0.3, -0.25) is 0 Å². The maximum atomic E-state index is 12.0. The lowest BCUT2D eigenvalue weighted by Gasteiger charge is -2.20. The van der Waals surface area contributed by atoms with Crippen LogP contribution in [0.3, 0.4) is 0 Å². The molecule has 0 aromatic rings. The first-order chi connectivity index (χ1) is 7.50. The van der Waals surface area contributed by atoms with Crippen molar-refractivity contribution in [2.24, 2.45) is 5.92 Å². The molecule has 0 aromatic heterocycles. The predicted molar refractivity (Wildman–Crippen MR) is 63.2 cm³/mol. The number of hydrogen-bond acceptors (Lipinski definition) is 3. The van der Waals surface area contributed by atoms with Crippen LogP contribution in [0.5, 0.6) is 0 Å². The van der Waals surface area contributed by atoms with E-state index < -0.39 is 5.60 Å². The number of ether oxygens (including phenoxy) is 2. The highest BCUT2D eigenvalue weighted by Crippen LogP contribution is 2.58. The van der Waals surface area contributed by atoms with Gasteiger partial charge >= 0.3 is 5.97 Å². The lowest BCUT2D eigenvalue weighted by Crippen LogP contribution is -2.38. The molecule has 0 aromatic carbocycles. The van der Waals surface area contributed by atoms with Crippen LogP contribution in [0.4, 0.5) is 0 Å². The Morgan fingerprint density at radius 1 is 1.31 bits per heavy atom. The molecule has 0 aliphatic carbocycles. The van der Waals surface area contributed by atoms with Gasteiger partial charge in [-0.25, -0.2) is 4.79 Å². The van der Waals surface area contributed by atoms with E-state index in [0.717, 1.165) is 19.3 Å². The zero-order valence-corrected chi connectivity index (χ0v) is 11.1. The largest absolute Gasteiger partial charge is 0.464 e. The van der Waals surface area contributed by atoms with E-state index in [0.29, 0.717) is 12.5 Å². The van der Waals surface area contributed by atoms with Crippen molar-refractivity contribution < 1.29 is 14.3 Å². The third-order valence-corrected chi connectivity index (χ3v) is 3.66. The van der Waals surface area contributed by atoms with Crippen molar-refractivity contribution in [3.8, 4) is 0 Å². The van der Waals surface area contributed by atoms with E-state index in [1.165, 1.54) is 0 Å². The molecule has 0 N–H and O–H groups in total. The van der Waals surface area contributed by atoms with Crippen LogP contribution in [-0.2, 0) is 14.3 Å². The molecule has 0 bridgehead atoms. The lowest BCUT2D eigenvalue weighted by molar-refractivity contribution is -0.150. The fourth-order valence-corrected chi connectivity index (χ4v) is 2.81. The first-order valence-electron chi connectivity index (χ1n) is 6.38. The second-order valence-electron chi connectivity index (χ2n) is 4.80. The lowest BCUT2D eigenvalue weighted by atomic mass is 9.79. The van der Waals surface area contributed by atoms with Crippen LogP contribution in [0.25, 0.3) is 0 Å². The maximum absolute atomic E-state index is 12.0. The van der Waals surface area contributed by atoms with Crippen molar-refractivity contribution in [3.05, 3.63) is 0 Å². The Kier molecular flexibility index (Phi) is 4.00. The van der Waals surface area contributed by atoms with E-state index in [1.807, 2.05) is 6.92 Å². The molecular formula is C13H24O3. The maximum Gasteiger partial charge on any atom is 0.341 e. The van der Waals surface area contributed by atoms with Crippen molar-refractivity contribution in [2.75, 3.05) is 6.61 Å². The SMILES string of the molecule is CCCC1(C(=O)OCC)OC1(CC)C(C)C. The van der Waals surface area contributed by atoms with Crippen molar-refractivity contribution in [3.63, 3.8) is 0 Å². The molecule has 94 valence electrons. The van der Waals surface area contributed by atoms with Gasteiger partial charge < -0.3 is 9.47 Å². The summed E-state index contributed by atoms with van der Waals surface area (Å²) in [7, 11) is 0. The van der Waals surface area contributed by atoms with Crippen LogP contribution in [0.2, 0.25) is 0 Å². The molecule has 1 fully saturated rings. The Labute approximate surface area is 98.5 Å². The van der Waals surface area contributed by atoms with Crippen LogP contribution >= 0.6 is 0 Å². The van der Waals surface area contributed by atoms with E-state index in [-0.39, 0.29) is 11.6 Å². The molecule has 0 radical (unpaired) electrons. The van der Waals surface area contributed by atoms with Gasteiger partial charge in [0, 0.05) is 0 Å². The van der Waals surface area contributed by atoms with Crippen LogP contribution in [-0.4, -0.2) is 23.8 Å². The van der Waals surface area contributed by atoms with Gasteiger partial charge in [0.15, 0.2) is 5.60 Å². The topological polar surface area (TPSA) is 38.8 Å². The molecule has 3 nitrogen and oxygen atoms in total. The fraction of sp³-hybridized carbons (Fsp3) is 0.923. The highest BCUT2D eigenvalue weighted by atomic mass is 16.7. The number of carbonyl (C=O) groups is 1. The second-order valence-corrected chi connectivity index (χ2v) is 4.80. The second kappa shape index (κ2) is 4.74. The highest BCUT2D eigenvalue weighted by Gasteiger charge is 2.74. The van der Waals surface area contributed by atoms with Gasteiger partial charge in [0.1, 0.15) is 5.60 Å². The molecule has 3 heteroatoms. The van der Waals surface area contributed by atoms with Crippen molar-refractivity contribution in [1.29, 1.82) is 0 Å². The molecule has 0 saturated carbocycles. The van der Waals surface area contributed by atoms with Crippen LogP contribution in [0.15, 0.2) is 0 Å². The summed E-state index contributed by atoms with van der Waals surface area (Å²) in [6.45, 7) is 10.6. The molecular weight excluding hydrogens is 204 g/mol. The van der Waals surface area contributed by atoms with Gasteiger partial charge in [-0.2, -0.15) is 0 Å². The number of rotatable bonds is 6. The van der Waals surface area contributed by atoms with E-state index in [2.05, 4.69) is 27.7 Å². The van der Waals surface area contributed by atoms with Gasteiger partial charge in [-0.1, -0.05) is 34.1 Å². The Balaban J connectivity index is 2.90. The smallest absolute Gasteiger partial charge is 0.341 e. The third kappa shape index (κ3) is 1.75. The summed E-state index contributed by atoms with van der Waals surface area (Å²) < 4.78 is 11.0. The Morgan fingerprint density at radius 2 is 1.94 bits per heavy atom. The monoisotopic (exact) mass is 228 g/mol. The Morgan fingerprint density at radius 3 is 2.25 bits per heavy atom. The Bertz CT molecular complexity index is 262. The van der Waals surface area contributed by atoms with E-state index in [9.17, 15) is 4.79 Å². The molecule has 1 saturated heterocycles. The third-order valence-electron chi connectivity index (χ3n) is 3.66. The van der Waals surface area contributed by atoms with Gasteiger partial charge in [0.25, 0.3) is 0 Å². The summed E-state index contributed by atoms with van der Waals surface area (Å²) in [5, 5.41) is 0. The molecule has 0 amide bonds. The number of carbonyl (C=O) groups excluding carboxylic acids is 1. The normalized spacial score (nSPS) is 32.9. The minimum absolute atomic E-state index is 0.174. The fourth-order valence-electron chi connectivity index (χ4n) is 2.81. The molecule has 2 unspecified atom stereocenters. The first kappa shape index (κ1) is 13.5. The number of esters is 1. The summed E-state index contributed by atoms with van der Waals surface area (Å²) >= 11 is 0. The summed E-state index contributed by atoms with van der Waals surface area (Å²) in [5.41, 5.74) is -0.962. The van der Waals surface area contributed by atoms with Crippen LogP contribution < -0.4 is 0 Å². The van der Waals surface area contributed by atoms with Gasteiger partial charge in [0.05, 0.1) is 6.61 Å². The number of epoxide rings is 1. The Hall–Kier alpha value is -0.570. The summed E-state index contributed by atoms with van der Waals surface area (Å²) in [4.78, 5) is 12.0. The molecule has 1 aliphatic rings. The predicted octanol–water partition coefficient (Wildman–Crippen LogP) is 2.92. The standard InChI is InChI=1S/C13H24O3/c1-6-9-13(11(14)15-8-3)12(7-2,16-13)10(4)5/h10H,6-9H2,1-5H3. The highest BCUT2D eigenvalue weighted by molar-refractivity contribution is 5.85. The van der Waals surface area contributed by atoms with Crippen LogP contribution in [0.1, 0.15) is 53.9 Å². The van der Waals surface area contributed by atoms with E-state index in [4.69, 9.17) is 9.47 Å². The van der Waals surface area contributed by atoms with Gasteiger partial charge in [0.2, 0.25) is 0 Å². The molecule has 1 heterocycles. The molecule has 16 heavy (non-hydrogen) atoms. The zero-order chi connectivity index (χ0) is 12.4. The first-order valence-corrected chi connectivity index (χ1v) is 6.38. The summed E-state index contributed by atoms with van der Waals surface area (Å²) in [6, 6.07) is 0. The molecule has 0 spiro atoms. The molecule has 1 aliphatic heterocycles. The molecule has 1 rings (SSSR count). The van der Waals surface area contributed by atoms with Gasteiger partial charge in [-0.05, 0) is 25.7 Å². The zero-order valence-electron chi connectivity index (χ0n) is 11.1.